The Morgan fingerprint density at radius 3 is 2.60 bits per heavy atom. The molecule has 1 heterocycles. The molecule has 0 unspecified atom stereocenters. The fourth-order valence-electron chi connectivity index (χ4n) is 2.11. The lowest BCUT2D eigenvalue weighted by molar-refractivity contribution is 0.102. The van der Waals surface area contributed by atoms with E-state index in [9.17, 15) is 4.79 Å². The van der Waals surface area contributed by atoms with Gasteiger partial charge in [0.1, 0.15) is 10.8 Å². The highest BCUT2D eigenvalue weighted by Gasteiger charge is 2.10. The van der Waals surface area contributed by atoms with Gasteiger partial charge < -0.3 is 4.74 Å². The van der Waals surface area contributed by atoms with Crippen LogP contribution < -0.4 is 10.1 Å². The topological polar surface area (TPSA) is 64.1 Å². The SMILES string of the molecule is O=C(Nc1nnc(CCCOc2ccccc2)s1)c1ccc(Cl)cc1. The van der Waals surface area contributed by atoms with Crippen molar-refractivity contribution >= 4 is 34.0 Å². The summed E-state index contributed by atoms with van der Waals surface area (Å²) < 4.78 is 5.64. The predicted octanol–water partition coefficient (Wildman–Crippen LogP) is 4.46. The van der Waals surface area contributed by atoms with Crippen molar-refractivity contribution in [2.75, 3.05) is 11.9 Å². The fourth-order valence-corrected chi connectivity index (χ4v) is 3.01. The van der Waals surface area contributed by atoms with E-state index < -0.39 is 0 Å². The number of benzene rings is 2. The van der Waals surface area contributed by atoms with Crippen LogP contribution in [0.3, 0.4) is 0 Å². The summed E-state index contributed by atoms with van der Waals surface area (Å²) in [5.74, 6) is 0.627. The van der Waals surface area contributed by atoms with Crippen LogP contribution in [0.1, 0.15) is 21.8 Å². The molecule has 0 fully saturated rings. The van der Waals surface area contributed by atoms with E-state index in [1.54, 1.807) is 24.3 Å². The Kier molecular flexibility index (Phi) is 5.98. The molecule has 1 aromatic heterocycles. The number of carbonyl (C=O) groups excluding carboxylic acids is 1. The van der Waals surface area contributed by atoms with Crippen molar-refractivity contribution < 1.29 is 9.53 Å². The lowest BCUT2D eigenvalue weighted by Crippen LogP contribution is -2.11. The smallest absolute Gasteiger partial charge is 0.257 e. The summed E-state index contributed by atoms with van der Waals surface area (Å²) in [5.41, 5.74) is 0.525. The molecule has 1 amide bonds. The molecular weight excluding hydrogens is 358 g/mol. The number of halogens is 1. The highest BCUT2D eigenvalue weighted by Crippen LogP contribution is 2.18. The molecule has 3 rings (SSSR count). The number of aryl methyl sites for hydroxylation is 1. The first-order valence-corrected chi connectivity index (χ1v) is 8.97. The molecule has 25 heavy (non-hydrogen) atoms. The number of aromatic nitrogens is 2. The monoisotopic (exact) mass is 373 g/mol. The average Bonchev–Trinajstić information content (AvgIpc) is 3.07. The van der Waals surface area contributed by atoms with E-state index in [0.29, 0.717) is 22.3 Å². The summed E-state index contributed by atoms with van der Waals surface area (Å²) in [6.07, 6.45) is 1.58. The second-order valence-electron chi connectivity index (χ2n) is 5.23. The Morgan fingerprint density at radius 1 is 1.08 bits per heavy atom. The second kappa shape index (κ2) is 8.60. The van der Waals surface area contributed by atoms with E-state index in [1.807, 2.05) is 30.3 Å². The van der Waals surface area contributed by atoms with Gasteiger partial charge in [-0.15, -0.1) is 10.2 Å². The van der Waals surface area contributed by atoms with Gasteiger partial charge in [-0.1, -0.05) is 41.1 Å². The second-order valence-corrected chi connectivity index (χ2v) is 6.73. The number of nitrogens with one attached hydrogen (secondary N) is 1. The number of para-hydroxylation sites is 1. The molecule has 0 radical (unpaired) electrons. The third-order valence-electron chi connectivity index (χ3n) is 3.34. The van der Waals surface area contributed by atoms with E-state index in [1.165, 1.54) is 11.3 Å². The number of nitrogens with zero attached hydrogens (tertiary/aromatic N) is 2. The number of hydrogen-bond donors (Lipinski definition) is 1. The minimum absolute atomic E-state index is 0.230. The summed E-state index contributed by atoms with van der Waals surface area (Å²) in [4.78, 5) is 12.1. The van der Waals surface area contributed by atoms with Crippen LogP contribution in [0, 0.1) is 0 Å². The highest BCUT2D eigenvalue weighted by molar-refractivity contribution is 7.15. The molecular formula is C18H16ClN3O2S. The van der Waals surface area contributed by atoms with Crippen molar-refractivity contribution in [1.82, 2.24) is 10.2 Å². The van der Waals surface area contributed by atoms with Gasteiger partial charge in [0.2, 0.25) is 5.13 Å². The minimum Gasteiger partial charge on any atom is -0.494 e. The van der Waals surface area contributed by atoms with E-state index in [-0.39, 0.29) is 5.91 Å². The maximum atomic E-state index is 12.1. The molecule has 0 spiro atoms. The maximum absolute atomic E-state index is 12.1. The summed E-state index contributed by atoms with van der Waals surface area (Å²) in [7, 11) is 0. The molecule has 5 nitrogen and oxygen atoms in total. The van der Waals surface area contributed by atoms with Crippen molar-refractivity contribution in [2.45, 2.75) is 12.8 Å². The zero-order valence-electron chi connectivity index (χ0n) is 13.3. The van der Waals surface area contributed by atoms with Crippen molar-refractivity contribution in [3.05, 3.63) is 70.2 Å². The van der Waals surface area contributed by atoms with Gasteiger partial charge in [0.15, 0.2) is 0 Å². The van der Waals surface area contributed by atoms with Crippen LogP contribution in [-0.4, -0.2) is 22.7 Å². The largest absolute Gasteiger partial charge is 0.494 e. The molecule has 128 valence electrons. The van der Waals surface area contributed by atoms with Gasteiger partial charge in [-0.25, -0.2) is 0 Å². The normalized spacial score (nSPS) is 10.4. The zero-order valence-corrected chi connectivity index (χ0v) is 14.9. The molecule has 0 aliphatic rings. The number of amides is 1. The van der Waals surface area contributed by atoms with Crippen molar-refractivity contribution in [3.63, 3.8) is 0 Å². The molecule has 0 saturated carbocycles. The van der Waals surface area contributed by atoms with Crippen LogP contribution >= 0.6 is 22.9 Å². The number of rotatable bonds is 7. The van der Waals surface area contributed by atoms with E-state index in [2.05, 4.69) is 15.5 Å². The van der Waals surface area contributed by atoms with Crippen molar-refractivity contribution in [3.8, 4) is 5.75 Å². The Morgan fingerprint density at radius 2 is 1.84 bits per heavy atom. The molecule has 0 aliphatic carbocycles. The first kappa shape index (κ1) is 17.4. The number of hydrogen-bond acceptors (Lipinski definition) is 5. The van der Waals surface area contributed by atoms with Gasteiger partial charge in [-0.3, -0.25) is 10.1 Å². The van der Waals surface area contributed by atoms with Gasteiger partial charge in [-0.2, -0.15) is 0 Å². The maximum Gasteiger partial charge on any atom is 0.257 e. The Bertz CT molecular complexity index is 822. The minimum atomic E-state index is -0.230. The standard InChI is InChI=1S/C18H16ClN3O2S/c19-14-10-8-13(9-11-14)17(23)20-18-22-21-16(25-18)7-4-12-24-15-5-2-1-3-6-15/h1-3,5-6,8-11H,4,7,12H2,(H,20,22,23). The van der Waals surface area contributed by atoms with Gasteiger partial charge in [0.05, 0.1) is 6.61 Å². The predicted molar refractivity (Wildman–Crippen MR) is 99.6 cm³/mol. The quantitative estimate of drug-likeness (QED) is 0.621. The molecule has 0 bridgehead atoms. The van der Waals surface area contributed by atoms with Crippen LogP contribution in [0.5, 0.6) is 5.75 Å². The molecule has 0 aliphatic heterocycles. The zero-order chi connectivity index (χ0) is 17.5. The van der Waals surface area contributed by atoms with Crippen LogP contribution in [0.15, 0.2) is 54.6 Å². The number of ether oxygens (including phenoxy) is 1. The Labute approximate surface area is 154 Å². The summed E-state index contributed by atoms with van der Waals surface area (Å²) in [5, 5.41) is 12.8. The number of carbonyl (C=O) groups is 1. The first-order chi connectivity index (χ1) is 12.2. The molecule has 0 atom stereocenters. The van der Waals surface area contributed by atoms with E-state index >= 15 is 0 Å². The van der Waals surface area contributed by atoms with Gasteiger partial charge in [0.25, 0.3) is 5.91 Å². The molecule has 7 heteroatoms. The lowest BCUT2D eigenvalue weighted by Gasteiger charge is -2.04. The average molecular weight is 374 g/mol. The van der Waals surface area contributed by atoms with Gasteiger partial charge in [0, 0.05) is 17.0 Å². The third kappa shape index (κ3) is 5.27. The summed E-state index contributed by atoms with van der Waals surface area (Å²) in [6.45, 7) is 0.607. The summed E-state index contributed by atoms with van der Waals surface area (Å²) in [6, 6.07) is 16.4. The highest BCUT2D eigenvalue weighted by atomic mass is 35.5. The molecule has 2 aromatic carbocycles. The molecule has 3 aromatic rings. The van der Waals surface area contributed by atoms with E-state index in [0.717, 1.165) is 23.6 Å². The van der Waals surface area contributed by atoms with Gasteiger partial charge in [-0.05, 0) is 42.8 Å². The van der Waals surface area contributed by atoms with Crippen LogP contribution in [0.2, 0.25) is 5.02 Å². The van der Waals surface area contributed by atoms with Crippen molar-refractivity contribution in [1.29, 1.82) is 0 Å². The molecule has 1 N–H and O–H groups in total. The first-order valence-electron chi connectivity index (χ1n) is 7.78. The van der Waals surface area contributed by atoms with Crippen LogP contribution in [-0.2, 0) is 6.42 Å². The Hall–Kier alpha value is -2.44. The third-order valence-corrected chi connectivity index (χ3v) is 4.49. The van der Waals surface area contributed by atoms with Crippen LogP contribution in [0.25, 0.3) is 0 Å². The molecule has 0 saturated heterocycles. The van der Waals surface area contributed by atoms with Gasteiger partial charge >= 0.3 is 0 Å². The lowest BCUT2D eigenvalue weighted by atomic mass is 10.2. The number of anilines is 1. The fraction of sp³-hybridized carbons (Fsp3) is 0.167. The van der Waals surface area contributed by atoms with E-state index in [4.69, 9.17) is 16.3 Å². The Balaban J connectivity index is 1.45. The summed E-state index contributed by atoms with van der Waals surface area (Å²) >= 11 is 7.19. The van der Waals surface area contributed by atoms with Crippen molar-refractivity contribution in [2.24, 2.45) is 0 Å². The van der Waals surface area contributed by atoms with Crippen LogP contribution in [0.4, 0.5) is 5.13 Å².